The predicted molar refractivity (Wildman–Crippen MR) is 139 cm³/mol. The van der Waals surface area contributed by atoms with E-state index in [1.165, 1.54) is 0 Å². The van der Waals surface area contributed by atoms with E-state index >= 15 is 0 Å². The first-order chi connectivity index (χ1) is 17.6. The molecule has 0 radical (unpaired) electrons. The van der Waals surface area contributed by atoms with Crippen molar-refractivity contribution in [2.75, 3.05) is 6.54 Å². The van der Waals surface area contributed by atoms with Crippen molar-refractivity contribution >= 4 is 29.7 Å². The molecule has 0 bridgehead atoms. The average Bonchev–Trinajstić information content (AvgIpc) is 2.85. The van der Waals surface area contributed by atoms with Gasteiger partial charge in [0.05, 0.1) is 12.0 Å². The number of aliphatic imine (C=N–C) groups is 1. The minimum atomic E-state index is -0.952. The van der Waals surface area contributed by atoms with E-state index in [1.807, 2.05) is 30.3 Å². The summed E-state index contributed by atoms with van der Waals surface area (Å²) in [7, 11) is 0. The number of hydrogen-bond donors (Lipinski definition) is 7. The topological polar surface area (TPSA) is 215 Å². The van der Waals surface area contributed by atoms with Crippen LogP contribution in [0, 0.1) is 5.92 Å². The molecule has 3 atom stereocenters. The zero-order valence-electron chi connectivity index (χ0n) is 21.2. The van der Waals surface area contributed by atoms with E-state index in [2.05, 4.69) is 20.9 Å². The SMILES string of the molecule is C[C@H](NC1CCC(C(=O)O)CC1)C(=O)N[C@@H](CCCN=C(N)N)C(=O)N[C@@H](Cc1ccccc1)C(N)=O. The van der Waals surface area contributed by atoms with Gasteiger partial charge in [-0.2, -0.15) is 0 Å². The molecule has 0 unspecified atom stereocenters. The summed E-state index contributed by atoms with van der Waals surface area (Å²) in [6, 6.07) is 6.65. The molecular weight excluding hydrogens is 478 g/mol. The Kier molecular flexibility index (Phi) is 11.8. The summed E-state index contributed by atoms with van der Waals surface area (Å²) >= 11 is 0. The Labute approximate surface area is 216 Å². The number of nitrogens with one attached hydrogen (secondary N) is 3. The van der Waals surface area contributed by atoms with Gasteiger partial charge in [0.1, 0.15) is 12.1 Å². The molecule has 1 aliphatic rings. The number of rotatable bonds is 14. The number of nitrogens with zero attached hydrogens (tertiary/aromatic N) is 1. The molecule has 0 aliphatic heterocycles. The summed E-state index contributed by atoms with van der Waals surface area (Å²) in [5.41, 5.74) is 17.1. The van der Waals surface area contributed by atoms with Crippen LogP contribution in [-0.2, 0) is 25.6 Å². The van der Waals surface area contributed by atoms with E-state index in [9.17, 15) is 24.3 Å². The Morgan fingerprint density at radius 3 is 2.16 bits per heavy atom. The third kappa shape index (κ3) is 10.5. The van der Waals surface area contributed by atoms with Gasteiger partial charge in [0.2, 0.25) is 17.7 Å². The van der Waals surface area contributed by atoms with Gasteiger partial charge in [-0.3, -0.25) is 24.2 Å². The Hall–Kier alpha value is -3.67. The van der Waals surface area contributed by atoms with Gasteiger partial charge in [-0.1, -0.05) is 30.3 Å². The smallest absolute Gasteiger partial charge is 0.306 e. The summed E-state index contributed by atoms with van der Waals surface area (Å²) < 4.78 is 0. The fourth-order valence-corrected chi connectivity index (χ4v) is 4.35. The third-order valence-corrected chi connectivity index (χ3v) is 6.48. The molecule has 1 aromatic carbocycles. The minimum Gasteiger partial charge on any atom is -0.481 e. The van der Waals surface area contributed by atoms with Crippen molar-refractivity contribution in [3.05, 3.63) is 35.9 Å². The van der Waals surface area contributed by atoms with Crippen molar-refractivity contribution in [3.8, 4) is 0 Å². The van der Waals surface area contributed by atoms with Crippen molar-refractivity contribution in [2.24, 2.45) is 28.1 Å². The quantitative estimate of drug-likeness (QED) is 0.0954. The molecule has 1 fully saturated rings. The number of hydrogen-bond acceptors (Lipinski definition) is 6. The molecule has 0 spiro atoms. The number of carbonyl (C=O) groups excluding carboxylic acids is 3. The van der Waals surface area contributed by atoms with E-state index in [-0.39, 0.29) is 43.2 Å². The number of aliphatic carboxylic acids is 1. The van der Waals surface area contributed by atoms with Crippen LogP contribution in [0.15, 0.2) is 35.3 Å². The molecule has 1 aliphatic carbocycles. The highest BCUT2D eigenvalue weighted by Crippen LogP contribution is 2.24. The Morgan fingerprint density at radius 2 is 1.59 bits per heavy atom. The van der Waals surface area contributed by atoms with Crippen molar-refractivity contribution in [1.29, 1.82) is 0 Å². The second-order valence-electron chi connectivity index (χ2n) is 9.44. The second-order valence-corrected chi connectivity index (χ2v) is 9.44. The third-order valence-electron chi connectivity index (χ3n) is 6.48. The Balaban J connectivity index is 2.01. The summed E-state index contributed by atoms with van der Waals surface area (Å²) in [4.78, 5) is 53.2. The minimum absolute atomic E-state index is 0.00982. The van der Waals surface area contributed by atoms with E-state index in [0.717, 1.165) is 5.56 Å². The number of carbonyl (C=O) groups is 4. The van der Waals surface area contributed by atoms with Crippen molar-refractivity contribution in [1.82, 2.24) is 16.0 Å². The van der Waals surface area contributed by atoms with Crippen molar-refractivity contribution < 1.29 is 24.3 Å². The highest BCUT2D eigenvalue weighted by molar-refractivity contribution is 5.92. The van der Waals surface area contributed by atoms with Crippen LogP contribution in [0.4, 0.5) is 0 Å². The molecular formula is C25H39N7O5. The van der Waals surface area contributed by atoms with E-state index in [0.29, 0.717) is 32.1 Å². The van der Waals surface area contributed by atoms with Crippen molar-refractivity contribution in [2.45, 2.75) is 76.0 Å². The van der Waals surface area contributed by atoms with Gasteiger partial charge in [0, 0.05) is 19.0 Å². The summed E-state index contributed by atoms with van der Waals surface area (Å²) in [5.74, 6) is -2.82. The molecule has 0 aromatic heterocycles. The molecule has 1 aromatic rings. The van der Waals surface area contributed by atoms with Gasteiger partial charge in [-0.25, -0.2) is 0 Å². The lowest BCUT2D eigenvalue weighted by Gasteiger charge is -2.30. The summed E-state index contributed by atoms with van der Waals surface area (Å²) in [5, 5.41) is 17.8. The molecule has 0 heterocycles. The normalized spacial score (nSPS) is 19.6. The van der Waals surface area contributed by atoms with Crippen LogP contribution in [0.3, 0.4) is 0 Å². The van der Waals surface area contributed by atoms with Gasteiger partial charge in [0.25, 0.3) is 0 Å². The number of primary amides is 1. The first-order valence-corrected chi connectivity index (χ1v) is 12.5. The number of carboxylic acids is 1. The lowest BCUT2D eigenvalue weighted by atomic mass is 9.86. The van der Waals surface area contributed by atoms with Crippen LogP contribution < -0.4 is 33.2 Å². The summed E-state index contributed by atoms with van der Waals surface area (Å²) in [6.45, 7) is 1.96. The van der Waals surface area contributed by atoms with Gasteiger partial charge >= 0.3 is 5.97 Å². The zero-order valence-corrected chi connectivity index (χ0v) is 21.2. The Bertz CT molecular complexity index is 944. The monoisotopic (exact) mass is 517 g/mol. The van der Waals surface area contributed by atoms with Crippen LogP contribution in [-0.4, -0.2) is 65.5 Å². The molecule has 12 nitrogen and oxygen atoms in total. The fourth-order valence-electron chi connectivity index (χ4n) is 4.35. The molecule has 1 saturated carbocycles. The molecule has 0 saturated heterocycles. The Morgan fingerprint density at radius 1 is 0.973 bits per heavy atom. The highest BCUT2D eigenvalue weighted by atomic mass is 16.4. The van der Waals surface area contributed by atoms with E-state index in [1.54, 1.807) is 6.92 Å². The average molecular weight is 518 g/mol. The number of benzene rings is 1. The lowest BCUT2D eigenvalue weighted by Crippen LogP contribution is -2.56. The maximum Gasteiger partial charge on any atom is 0.306 e. The zero-order chi connectivity index (χ0) is 27.4. The molecule has 37 heavy (non-hydrogen) atoms. The predicted octanol–water partition coefficient (Wildman–Crippen LogP) is -0.641. The first-order valence-electron chi connectivity index (χ1n) is 12.5. The van der Waals surface area contributed by atoms with Crippen LogP contribution in [0.1, 0.15) is 51.0 Å². The molecule has 204 valence electrons. The lowest BCUT2D eigenvalue weighted by molar-refractivity contribution is -0.143. The maximum absolute atomic E-state index is 13.1. The largest absolute Gasteiger partial charge is 0.481 e. The number of carboxylic acid groups (broad SMARTS) is 1. The molecule has 12 heteroatoms. The fraction of sp³-hybridized carbons (Fsp3) is 0.560. The molecule has 2 rings (SSSR count). The first kappa shape index (κ1) is 29.6. The van der Waals surface area contributed by atoms with Crippen LogP contribution in [0.2, 0.25) is 0 Å². The van der Waals surface area contributed by atoms with Crippen LogP contribution in [0.25, 0.3) is 0 Å². The standard InChI is InChI=1S/C25H39N7O5/c1-15(30-18-11-9-17(10-12-18)24(36)37)22(34)31-19(8-5-13-29-25(27)28)23(35)32-20(21(26)33)14-16-6-3-2-4-7-16/h2-4,6-7,15,17-20,30H,5,8-14H2,1H3,(H2,26,33)(H,31,34)(H,32,35)(H,36,37)(H4,27,28,29)/t15-,17?,18?,19-,20-/m0/s1. The number of amides is 3. The van der Waals surface area contributed by atoms with Gasteiger partial charge in [-0.05, 0) is 51.0 Å². The molecule has 3 amide bonds. The van der Waals surface area contributed by atoms with E-state index in [4.69, 9.17) is 17.2 Å². The van der Waals surface area contributed by atoms with Gasteiger partial charge in [-0.15, -0.1) is 0 Å². The van der Waals surface area contributed by atoms with Gasteiger partial charge < -0.3 is 38.3 Å². The van der Waals surface area contributed by atoms with Crippen LogP contribution in [0.5, 0.6) is 0 Å². The highest BCUT2D eigenvalue weighted by Gasteiger charge is 2.30. The number of guanidine groups is 1. The number of nitrogens with two attached hydrogens (primary N) is 3. The van der Waals surface area contributed by atoms with Gasteiger partial charge in [0.15, 0.2) is 5.96 Å². The van der Waals surface area contributed by atoms with E-state index < -0.39 is 35.9 Å². The molecule has 10 N–H and O–H groups in total. The van der Waals surface area contributed by atoms with Crippen LogP contribution >= 0.6 is 0 Å². The summed E-state index contributed by atoms with van der Waals surface area (Å²) in [6.07, 6.45) is 3.26. The maximum atomic E-state index is 13.1. The van der Waals surface area contributed by atoms with Crippen molar-refractivity contribution in [3.63, 3.8) is 0 Å². The second kappa shape index (κ2) is 14.8.